The topological polar surface area (TPSA) is 40.2 Å². The summed E-state index contributed by atoms with van der Waals surface area (Å²) in [4.78, 5) is 0. The molecule has 0 aromatic heterocycles. The third-order valence-corrected chi connectivity index (χ3v) is 3.40. The van der Waals surface area contributed by atoms with Gasteiger partial charge in [0.05, 0.1) is 13.2 Å². The molecular formula is C9H18O4Si. The molecule has 1 saturated heterocycles. The Morgan fingerprint density at radius 2 is 2.07 bits per heavy atom. The molecule has 1 rings (SSSR count). The van der Waals surface area contributed by atoms with E-state index < -0.39 is 0 Å². The molecule has 5 heteroatoms. The molecule has 1 heterocycles. The lowest BCUT2D eigenvalue weighted by atomic mass is 10.5. The molecule has 0 aliphatic carbocycles. The first-order valence-corrected chi connectivity index (χ1v) is 5.92. The lowest BCUT2D eigenvalue weighted by molar-refractivity contribution is -0.0454. The fraction of sp³-hybridized carbons (Fsp3) is 1.00. The highest BCUT2D eigenvalue weighted by Crippen LogP contribution is 2.11. The van der Waals surface area contributed by atoms with Crippen molar-refractivity contribution in [1.29, 1.82) is 0 Å². The van der Waals surface area contributed by atoms with Gasteiger partial charge < -0.3 is 18.9 Å². The normalized spacial score (nSPS) is 22.7. The molecule has 0 aromatic carbocycles. The van der Waals surface area contributed by atoms with Crippen LogP contribution in [0.3, 0.4) is 0 Å². The Labute approximate surface area is 87.7 Å². The third-order valence-electron chi connectivity index (χ3n) is 1.92. The van der Waals surface area contributed by atoms with Gasteiger partial charge >= 0.3 is 0 Å². The summed E-state index contributed by atoms with van der Waals surface area (Å²) in [5, 5.41) is 0. The maximum atomic E-state index is 5.48. The Hall–Kier alpha value is 0.0569. The molecule has 0 N–H and O–H groups in total. The van der Waals surface area contributed by atoms with Crippen molar-refractivity contribution in [2.75, 3.05) is 34.0 Å². The van der Waals surface area contributed by atoms with E-state index in [9.17, 15) is 0 Å². The minimum absolute atomic E-state index is 0.0919. The van der Waals surface area contributed by atoms with Crippen LogP contribution in [0.4, 0.5) is 0 Å². The van der Waals surface area contributed by atoms with E-state index in [0.29, 0.717) is 21.2 Å². The highest BCUT2D eigenvalue weighted by atomic mass is 28.2. The monoisotopic (exact) mass is 218 g/mol. The Morgan fingerprint density at radius 3 is 2.57 bits per heavy atom. The molecule has 0 amide bonds. The molecule has 1 aliphatic rings. The number of hydrogen-bond donors (Lipinski definition) is 0. The van der Waals surface area contributed by atoms with E-state index in [2.05, 4.69) is 6.92 Å². The van der Waals surface area contributed by atoms with Gasteiger partial charge in [-0.3, -0.25) is 0 Å². The van der Waals surface area contributed by atoms with Crippen LogP contribution in [-0.2, 0) is 18.9 Å². The molecule has 0 aromatic rings. The summed E-state index contributed by atoms with van der Waals surface area (Å²) in [6, 6.07) is 0. The van der Waals surface area contributed by atoms with Gasteiger partial charge in [-0.2, -0.15) is 0 Å². The quantitative estimate of drug-likeness (QED) is 0.338. The molecule has 2 radical (unpaired) electrons. The Balaban J connectivity index is 1.98. The van der Waals surface area contributed by atoms with E-state index in [1.165, 1.54) is 0 Å². The van der Waals surface area contributed by atoms with E-state index in [-0.39, 0.29) is 5.91 Å². The van der Waals surface area contributed by atoms with Gasteiger partial charge in [0.1, 0.15) is 21.5 Å². The molecule has 82 valence electrons. The van der Waals surface area contributed by atoms with Gasteiger partial charge in [0.15, 0.2) is 0 Å². The van der Waals surface area contributed by atoms with Crippen molar-refractivity contribution in [3.63, 3.8) is 0 Å². The summed E-state index contributed by atoms with van der Waals surface area (Å²) in [5.74, 6) is -0.0919. The number of epoxide rings is 1. The first kappa shape index (κ1) is 12.1. The van der Waals surface area contributed by atoms with Crippen LogP contribution in [0.15, 0.2) is 0 Å². The van der Waals surface area contributed by atoms with Gasteiger partial charge in [-0.1, -0.05) is 6.92 Å². The number of methoxy groups -OCH3 is 2. The van der Waals surface area contributed by atoms with Crippen molar-refractivity contribution in [3.8, 4) is 0 Å². The average molecular weight is 218 g/mol. The second kappa shape index (κ2) is 6.52. The maximum Gasteiger partial charge on any atom is 0.136 e. The van der Waals surface area contributed by atoms with Gasteiger partial charge in [-0.25, -0.2) is 0 Å². The molecule has 1 aliphatic heterocycles. The summed E-state index contributed by atoms with van der Waals surface area (Å²) in [6.45, 7) is 4.47. The van der Waals surface area contributed by atoms with Crippen LogP contribution in [0.5, 0.6) is 0 Å². The smallest absolute Gasteiger partial charge is 0.136 e. The molecule has 4 nitrogen and oxygen atoms in total. The third kappa shape index (κ3) is 5.07. The van der Waals surface area contributed by atoms with E-state index in [1.54, 1.807) is 14.2 Å². The summed E-state index contributed by atoms with van der Waals surface area (Å²) >= 11 is 0. The molecule has 2 atom stereocenters. The fourth-order valence-corrected chi connectivity index (χ4v) is 2.00. The minimum atomic E-state index is -0.0919. The van der Waals surface area contributed by atoms with Crippen LogP contribution in [0.1, 0.15) is 6.92 Å². The highest BCUT2D eigenvalue weighted by molar-refractivity contribution is 6.38. The van der Waals surface area contributed by atoms with Gasteiger partial charge in [-0.15, -0.1) is 0 Å². The molecule has 0 bridgehead atoms. The van der Waals surface area contributed by atoms with E-state index in [0.717, 1.165) is 19.8 Å². The van der Waals surface area contributed by atoms with Gasteiger partial charge in [0.25, 0.3) is 0 Å². The van der Waals surface area contributed by atoms with Crippen LogP contribution in [0.2, 0.25) is 5.54 Å². The maximum absolute atomic E-state index is 5.48. The first-order chi connectivity index (χ1) is 6.76. The molecule has 2 unspecified atom stereocenters. The largest absolute Gasteiger partial charge is 0.379 e. The standard InChI is InChI=1S/C9H18O4Si/c1-7(14-9(10-2)11-3)4-12-5-8-6-13-8/h7-9H,4-6H2,1-3H3. The predicted molar refractivity (Wildman–Crippen MR) is 53.5 cm³/mol. The van der Waals surface area contributed by atoms with Crippen LogP contribution in [-0.4, -0.2) is 55.6 Å². The lowest BCUT2D eigenvalue weighted by Crippen LogP contribution is -2.26. The zero-order valence-corrected chi connectivity index (χ0v) is 9.99. The average Bonchev–Trinajstić information content (AvgIpc) is 2.98. The Bertz CT molecular complexity index is 148. The predicted octanol–water partition coefficient (Wildman–Crippen LogP) is 0.491. The summed E-state index contributed by atoms with van der Waals surface area (Å²) in [5.41, 5.74) is 0.471. The molecule has 14 heavy (non-hydrogen) atoms. The van der Waals surface area contributed by atoms with Crippen molar-refractivity contribution < 1.29 is 18.9 Å². The highest BCUT2D eigenvalue weighted by Gasteiger charge is 2.23. The number of hydrogen-bond acceptors (Lipinski definition) is 4. The SMILES string of the molecule is COC(OC)[Si]C(C)COCC1CO1. The molecule has 0 saturated carbocycles. The van der Waals surface area contributed by atoms with Crippen molar-refractivity contribution in [2.45, 2.75) is 24.5 Å². The Kier molecular flexibility index (Phi) is 5.65. The van der Waals surface area contributed by atoms with Crippen LogP contribution in [0.25, 0.3) is 0 Å². The zero-order chi connectivity index (χ0) is 10.4. The van der Waals surface area contributed by atoms with E-state index >= 15 is 0 Å². The summed E-state index contributed by atoms with van der Waals surface area (Å²) in [7, 11) is 3.93. The Morgan fingerprint density at radius 1 is 1.43 bits per heavy atom. The van der Waals surface area contributed by atoms with Crippen molar-refractivity contribution in [2.24, 2.45) is 0 Å². The van der Waals surface area contributed by atoms with E-state index in [4.69, 9.17) is 18.9 Å². The molecule has 0 spiro atoms. The van der Waals surface area contributed by atoms with Gasteiger partial charge in [-0.05, 0) is 5.54 Å². The van der Waals surface area contributed by atoms with Crippen molar-refractivity contribution in [1.82, 2.24) is 0 Å². The number of rotatable bonds is 8. The molecule has 1 fully saturated rings. The van der Waals surface area contributed by atoms with Gasteiger partial charge in [0, 0.05) is 20.8 Å². The second-order valence-electron chi connectivity index (χ2n) is 3.36. The summed E-state index contributed by atoms with van der Waals surface area (Å²) in [6.07, 6.45) is 0.353. The van der Waals surface area contributed by atoms with E-state index in [1.807, 2.05) is 0 Å². The van der Waals surface area contributed by atoms with Crippen molar-refractivity contribution >= 4 is 9.52 Å². The lowest BCUT2D eigenvalue weighted by Gasteiger charge is -2.17. The number of ether oxygens (including phenoxy) is 4. The summed E-state index contributed by atoms with van der Waals surface area (Å²) < 4.78 is 20.8. The fourth-order valence-electron chi connectivity index (χ4n) is 1.05. The van der Waals surface area contributed by atoms with Crippen LogP contribution in [0, 0.1) is 0 Å². The second-order valence-corrected chi connectivity index (χ2v) is 5.15. The minimum Gasteiger partial charge on any atom is -0.379 e. The van der Waals surface area contributed by atoms with Crippen LogP contribution >= 0.6 is 0 Å². The van der Waals surface area contributed by atoms with Gasteiger partial charge in [0.2, 0.25) is 0 Å². The zero-order valence-electron chi connectivity index (χ0n) is 8.99. The molecular weight excluding hydrogens is 200 g/mol. The van der Waals surface area contributed by atoms with Crippen molar-refractivity contribution in [3.05, 3.63) is 0 Å². The van der Waals surface area contributed by atoms with Crippen LogP contribution < -0.4 is 0 Å². The first-order valence-electron chi connectivity index (χ1n) is 4.77.